The molecule has 0 aliphatic rings. The minimum absolute atomic E-state index is 0.166. The Morgan fingerprint density at radius 3 is 2.55 bits per heavy atom. The summed E-state index contributed by atoms with van der Waals surface area (Å²) in [5, 5.41) is 5.54. The van der Waals surface area contributed by atoms with E-state index in [1.165, 1.54) is 19.4 Å². The van der Waals surface area contributed by atoms with E-state index in [1.807, 2.05) is 36.4 Å². The highest BCUT2D eigenvalue weighted by Crippen LogP contribution is 2.31. The molecule has 2 N–H and O–H groups in total. The van der Waals surface area contributed by atoms with Crippen molar-refractivity contribution in [2.24, 2.45) is 0 Å². The summed E-state index contributed by atoms with van der Waals surface area (Å²) in [7, 11) is 1.50. The van der Waals surface area contributed by atoms with Crippen LogP contribution < -0.4 is 15.4 Å². The lowest BCUT2D eigenvalue weighted by atomic mass is 10.1. The first-order chi connectivity index (χ1) is 15.1. The van der Waals surface area contributed by atoms with Crippen LogP contribution in [0.25, 0.3) is 0 Å². The van der Waals surface area contributed by atoms with Gasteiger partial charge in [0.15, 0.2) is 0 Å². The number of hydrogen-bond donors (Lipinski definition) is 2. The summed E-state index contributed by atoms with van der Waals surface area (Å²) in [6, 6.07) is 18.2. The maximum Gasteiger partial charge on any atom is 0.406 e. The summed E-state index contributed by atoms with van der Waals surface area (Å²) in [5.41, 5.74) is 1.66. The SMILES string of the molecule is CNC(=O)OCCC(Oc1ccccc1NC(=O)c1cnccc1Cl)c1ccccc1. The van der Waals surface area contributed by atoms with E-state index in [2.05, 4.69) is 15.6 Å². The number of carbonyl (C=O) groups excluding carboxylic acids is 2. The number of halogens is 1. The highest BCUT2D eigenvalue weighted by molar-refractivity contribution is 6.34. The molecule has 0 saturated heterocycles. The highest BCUT2D eigenvalue weighted by Gasteiger charge is 2.18. The smallest absolute Gasteiger partial charge is 0.406 e. The van der Waals surface area contributed by atoms with Gasteiger partial charge in [0, 0.05) is 25.9 Å². The van der Waals surface area contributed by atoms with E-state index in [0.717, 1.165) is 5.56 Å². The van der Waals surface area contributed by atoms with Crippen LogP contribution in [0.5, 0.6) is 5.75 Å². The fraction of sp³-hybridized carbons (Fsp3) is 0.174. The zero-order valence-electron chi connectivity index (χ0n) is 16.9. The van der Waals surface area contributed by atoms with Gasteiger partial charge in [-0.05, 0) is 23.8 Å². The third-order valence-corrected chi connectivity index (χ3v) is 4.74. The Labute approximate surface area is 185 Å². The average Bonchev–Trinajstić information content (AvgIpc) is 2.80. The second-order valence-corrected chi connectivity index (χ2v) is 6.90. The number of alkyl carbamates (subject to hydrolysis) is 1. The number of para-hydroxylation sites is 2. The molecular weight excluding hydrogens is 418 g/mol. The first kappa shape index (κ1) is 22.1. The Bertz CT molecular complexity index is 1030. The number of aromatic nitrogens is 1. The van der Waals surface area contributed by atoms with Gasteiger partial charge >= 0.3 is 6.09 Å². The van der Waals surface area contributed by atoms with Gasteiger partial charge in [0.1, 0.15) is 11.9 Å². The molecule has 7 nitrogen and oxygen atoms in total. The van der Waals surface area contributed by atoms with E-state index in [4.69, 9.17) is 21.1 Å². The normalized spacial score (nSPS) is 11.3. The second kappa shape index (κ2) is 11.0. The molecule has 2 aromatic carbocycles. The summed E-state index contributed by atoms with van der Waals surface area (Å²) in [5.74, 6) is 0.0815. The number of hydrogen-bond acceptors (Lipinski definition) is 5. The maximum absolute atomic E-state index is 12.7. The number of ether oxygens (including phenoxy) is 2. The molecule has 1 aromatic heterocycles. The van der Waals surface area contributed by atoms with E-state index in [9.17, 15) is 9.59 Å². The fourth-order valence-corrected chi connectivity index (χ4v) is 3.04. The molecule has 31 heavy (non-hydrogen) atoms. The summed E-state index contributed by atoms with van der Waals surface area (Å²) in [4.78, 5) is 28.0. The van der Waals surface area contributed by atoms with Crippen LogP contribution >= 0.6 is 11.6 Å². The van der Waals surface area contributed by atoms with Crippen molar-refractivity contribution in [3.8, 4) is 5.75 Å². The third-order valence-electron chi connectivity index (χ3n) is 4.41. The van der Waals surface area contributed by atoms with Gasteiger partial charge in [-0.25, -0.2) is 4.79 Å². The molecule has 0 radical (unpaired) electrons. The molecule has 0 aliphatic heterocycles. The van der Waals surface area contributed by atoms with Crippen LogP contribution in [0.4, 0.5) is 10.5 Å². The first-order valence-electron chi connectivity index (χ1n) is 9.64. The number of amides is 2. The third kappa shape index (κ3) is 6.20. The van der Waals surface area contributed by atoms with Gasteiger partial charge in [0.25, 0.3) is 5.91 Å². The Kier molecular flexibility index (Phi) is 7.84. The lowest BCUT2D eigenvalue weighted by molar-refractivity contribution is 0.102. The number of pyridine rings is 1. The fourth-order valence-electron chi connectivity index (χ4n) is 2.85. The van der Waals surface area contributed by atoms with Gasteiger partial charge in [-0.3, -0.25) is 9.78 Å². The number of nitrogens with zero attached hydrogens (tertiary/aromatic N) is 1. The van der Waals surface area contributed by atoms with Crippen LogP contribution in [0.15, 0.2) is 73.1 Å². The Hall–Kier alpha value is -3.58. The average molecular weight is 440 g/mol. The first-order valence-corrected chi connectivity index (χ1v) is 10.0. The van der Waals surface area contributed by atoms with E-state index in [-0.39, 0.29) is 12.2 Å². The van der Waals surface area contributed by atoms with Crippen molar-refractivity contribution in [2.45, 2.75) is 12.5 Å². The molecule has 0 saturated carbocycles. The summed E-state index contributed by atoms with van der Waals surface area (Å²) >= 11 is 6.11. The van der Waals surface area contributed by atoms with Crippen LogP contribution in [-0.2, 0) is 4.74 Å². The zero-order chi connectivity index (χ0) is 22.1. The largest absolute Gasteiger partial charge is 0.483 e. The predicted molar refractivity (Wildman–Crippen MR) is 118 cm³/mol. The lowest BCUT2D eigenvalue weighted by Crippen LogP contribution is -2.21. The van der Waals surface area contributed by atoms with Gasteiger partial charge < -0.3 is 20.1 Å². The molecule has 0 fully saturated rings. The van der Waals surface area contributed by atoms with Gasteiger partial charge in [-0.1, -0.05) is 54.1 Å². The van der Waals surface area contributed by atoms with Crippen LogP contribution in [0.3, 0.4) is 0 Å². The minimum Gasteiger partial charge on any atom is -0.483 e. The van der Waals surface area contributed by atoms with Crippen molar-refractivity contribution in [1.29, 1.82) is 0 Å². The monoisotopic (exact) mass is 439 g/mol. The quantitative estimate of drug-likeness (QED) is 0.523. The number of nitrogens with one attached hydrogen (secondary N) is 2. The number of carbonyl (C=O) groups is 2. The predicted octanol–water partition coefficient (Wildman–Crippen LogP) is 4.85. The maximum atomic E-state index is 12.7. The molecule has 1 unspecified atom stereocenters. The Morgan fingerprint density at radius 2 is 1.81 bits per heavy atom. The number of anilines is 1. The van der Waals surface area contributed by atoms with Crippen LogP contribution in [0, 0.1) is 0 Å². The molecule has 2 amide bonds. The van der Waals surface area contributed by atoms with E-state index < -0.39 is 18.1 Å². The van der Waals surface area contributed by atoms with Gasteiger partial charge in [0.05, 0.1) is 22.9 Å². The van der Waals surface area contributed by atoms with Crippen LogP contribution in [-0.4, -0.2) is 30.6 Å². The van der Waals surface area contributed by atoms with Crippen molar-refractivity contribution in [3.05, 3.63) is 89.2 Å². The highest BCUT2D eigenvalue weighted by atomic mass is 35.5. The van der Waals surface area contributed by atoms with Gasteiger partial charge in [-0.15, -0.1) is 0 Å². The Balaban J connectivity index is 1.79. The van der Waals surface area contributed by atoms with E-state index in [0.29, 0.717) is 22.9 Å². The van der Waals surface area contributed by atoms with Crippen molar-refractivity contribution < 1.29 is 19.1 Å². The van der Waals surface area contributed by atoms with E-state index in [1.54, 1.807) is 24.3 Å². The molecule has 1 heterocycles. The number of rotatable bonds is 8. The van der Waals surface area contributed by atoms with Crippen molar-refractivity contribution in [1.82, 2.24) is 10.3 Å². The molecule has 3 aromatic rings. The molecule has 8 heteroatoms. The molecule has 0 bridgehead atoms. The minimum atomic E-state index is -0.507. The van der Waals surface area contributed by atoms with Crippen molar-refractivity contribution >= 4 is 29.3 Å². The second-order valence-electron chi connectivity index (χ2n) is 6.50. The van der Waals surface area contributed by atoms with Gasteiger partial charge in [0.2, 0.25) is 0 Å². The molecule has 1 atom stereocenters. The van der Waals surface area contributed by atoms with Crippen molar-refractivity contribution in [3.63, 3.8) is 0 Å². The molecular formula is C23H22ClN3O4. The summed E-state index contributed by atoms with van der Waals surface area (Å²) in [6.07, 6.45) is 2.44. The number of benzene rings is 2. The zero-order valence-corrected chi connectivity index (χ0v) is 17.6. The molecule has 0 spiro atoms. The van der Waals surface area contributed by atoms with Crippen LogP contribution in [0.2, 0.25) is 5.02 Å². The summed E-state index contributed by atoms with van der Waals surface area (Å²) < 4.78 is 11.4. The topological polar surface area (TPSA) is 89.5 Å². The molecule has 3 rings (SSSR count). The Morgan fingerprint density at radius 1 is 1.06 bits per heavy atom. The molecule has 0 aliphatic carbocycles. The van der Waals surface area contributed by atoms with Gasteiger partial charge in [-0.2, -0.15) is 0 Å². The van der Waals surface area contributed by atoms with Crippen LogP contribution in [0.1, 0.15) is 28.4 Å². The summed E-state index contributed by atoms with van der Waals surface area (Å²) in [6.45, 7) is 0.166. The van der Waals surface area contributed by atoms with Crippen molar-refractivity contribution in [2.75, 3.05) is 19.0 Å². The van der Waals surface area contributed by atoms with E-state index >= 15 is 0 Å². The lowest BCUT2D eigenvalue weighted by Gasteiger charge is -2.21. The molecule has 160 valence electrons. The standard InChI is InChI=1S/C23H22ClN3O4/c1-25-23(29)30-14-12-20(16-7-3-2-4-8-16)31-21-10-6-5-9-19(21)27-22(28)17-15-26-13-11-18(17)24/h2-11,13,15,20H,12,14H2,1H3,(H,25,29)(H,27,28).